The van der Waals surface area contributed by atoms with Gasteiger partial charge in [-0.05, 0) is 0 Å². The maximum atomic E-state index is 10.4. The van der Waals surface area contributed by atoms with E-state index >= 15 is 0 Å². The molecule has 0 fully saturated rings. The molecular weight excluding hydrogens is 122 g/mol. The van der Waals surface area contributed by atoms with Gasteiger partial charge in [0.2, 0.25) is 12.2 Å². The van der Waals surface area contributed by atoms with Gasteiger partial charge < -0.3 is 10.1 Å². The summed E-state index contributed by atoms with van der Waals surface area (Å²) < 4.78 is 4.46. The summed E-state index contributed by atoms with van der Waals surface area (Å²) in [6.45, 7) is -0.0795. The van der Waals surface area contributed by atoms with E-state index in [-0.39, 0.29) is 19.1 Å². The molecule has 4 heteroatoms. The third-order valence-corrected chi connectivity index (χ3v) is 0.633. The van der Waals surface area contributed by atoms with Crippen LogP contribution < -0.4 is 5.32 Å². The second kappa shape index (κ2) is 5.24. The molecule has 4 nitrogen and oxygen atoms in total. The zero-order chi connectivity index (χ0) is 7.11. The maximum absolute atomic E-state index is 10.4. The van der Waals surface area contributed by atoms with Crippen LogP contribution >= 0.6 is 0 Å². The van der Waals surface area contributed by atoms with Gasteiger partial charge in [0.1, 0.15) is 6.61 Å². The van der Waals surface area contributed by atoms with Crippen LogP contribution in [0.5, 0.6) is 0 Å². The summed E-state index contributed by atoms with van der Waals surface area (Å²) in [6, 6.07) is 0. The number of hydrogen-bond donors (Lipinski definition) is 1. The molecule has 1 N–H and O–H groups in total. The average molecular weight is 130 g/mol. The molecule has 0 bridgehead atoms. The third-order valence-electron chi connectivity index (χ3n) is 0.633. The van der Waals surface area contributed by atoms with Crippen LogP contribution in [0.15, 0.2) is 0 Å². The highest BCUT2D eigenvalue weighted by Gasteiger charge is 1.95. The van der Waals surface area contributed by atoms with Crippen LogP contribution in [0.1, 0.15) is 0 Å². The van der Waals surface area contributed by atoms with Crippen molar-refractivity contribution in [3.63, 3.8) is 0 Å². The molecule has 0 aromatic carbocycles. The largest absolute Gasteiger partial charge is 0.375 e. The molecule has 0 saturated heterocycles. The van der Waals surface area contributed by atoms with Crippen molar-refractivity contribution in [2.24, 2.45) is 0 Å². The zero-order valence-electron chi connectivity index (χ0n) is 5.14. The minimum atomic E-state index is -0.305. The van der Waals surface area contributed by atoms with Crippen molar-refractivity contribution in [3.05, 3.63) is 0 Å². The SMILES string of the molecule is COCC(=O)NC[C]=O. The summed E-state index contributed by atoms with van der Waals surface area (Å²) in [5, 5.41) is 2.25. The van der Waals surface area contributed by atoms with E-state index in [1.54, 1.807) is 0 Å². The summed E-state index contributed by atoms with van der Waals surface area (Å²) >= 11 is 0. The fourth-order valence-corrected chi connectivity index (χ4v) is 0.317. The number of ether oxygens (including phenoxy) is 1. The van der Waals surface area contributed by atoms with E-state index in [2.05, 4.69) is 10.1 Å². The van der Waals surface area contributed by atoms with E-state index in [1.165, 1.54) is 13.4 Å². The van der Waals surface area contributed by atoms with Crippen molar-refractivity contribution in [1.82, 2.24) is 5.32 Å². The van der Waals surface area contributed by atoms with Gasteiger partial charge in [-0.25, -0.2) is 0 Å². The molecular formula is C5H8NO3. The van der Waals surface area contributed by atoms with Crippen LogP contribution in [-0.2, 0) is 14.3 Å². The first kappa shape index (κ1) is 8.10. The van der Waals surface area contributed by atoms with Gasteiger partial charge in [0, 0.05) is 7.11 Å². The summed E-state index contributed by atoms with van der Waals surface area (Å²) in [5.74, 6) is -0.305. The number of hydrogen-bond acceptors (Lipinski definition) is 3. The van der Waals surface area contributed by atoms with Crippen LogP contribution in [0.25, 0.3) is 0 Å². The summed E-state index contributed by atoms with van der Waals surface area (Å²) in [6.07, 6.45) is 1.52. The van der Waals surface area contributed by atoms with Crippen molar-refractivity contribution in [2.75, 3.05) is 20.3 Å². The van der Waals surface area contributed by atoms with Gasteiger partial charge >= 0.3 is 0 Å². The van der Waals surface area contributed by atoms with Crippen LogP contribution in [0, 0.1) is 0 Å². The first-order valence-corrected chi connectivity index (χ1v) is 2.42. The number of nitrogens with one attached hydrogen (secondary N) is 1. The first-order valence-electron chi connectivity index (χ1n) is 2.42. The number of rotatable bonds is 4. The average Bonchev–Trinajstić information content (AvgIpc) is 1.85. The number of carbonyl (C=O) groups excluding carboxylic acids is 2. The number of carbonyl (C=O) groups is 1. The molecule has 9 heavy (non-hydrogen) atoms. The van der Waals surface area contributed by atoms with E-state index < -0.39 is 0 Å². The molecule has 0 aromatic heterocycles. The van der Waals surface area contributed by atoms with Crippen molar-refractivity contribution in [2.45, 2.75) is 0 Å². The highest BCUT2D eigenvalue weighted by molar-refractivity contribution is 5.79. The molecule has 1 amide bonds. The number of methoxy groups -OCH3 is 1. The second-order valence-electron chi connectivity index (χ2n) is 1.35. The van der Waals surface area contributed by atoms with Gasteiger partial charge in [-0.1, -0.05) is 0 Å². The van der Waals surface area contributed by atoms with Crippen molar-refractivity contribution in [1.29, 1.82) is 0 Å². The first-order chi connectivity index (χ1) is 4.31. The normalized spacial score (nSPS) is 8.56. The lowest BCUT2D eigenvalue weighted by Crippen LogP contribution is -2.28. The Kier molecular flexibility index (Phi) is 4.72. The van der Waals surface area contributed by atoms with E-state index in [9.17, 15) is 9.59 Å². The molecule has 0 spiro atoms. The van der Waals surface area contributed by atoms with Crippen molar-refractivity contribution in [3.8, 4) is 0 Å². The fourth-order valence-electron chi connectivity index (χ4n) is 0.317. The lowest BCUT2D eigenvalue weighted by molar-refractivity contribution is -0.124. The molecule has 0 aliphatic heterocycles. The van der Waals surface area contributed by atoms with E-state index in [4.69, 9.17) is 0 Å². The predicted molar refractivity (Wildman–Crippen MR) is 30.6 cm³/mol. The molecule has 0 aromatic rings. The molecule has 0 saturated carbocycles. The topological polar surface area (TPSA) is 55.4 Å². The minimum Gasteiger partial charge on any atom is -0.375 e. The Balaban J connectivity index is 3.16. The Bertz CT molecular complexity index is 102. The van der Waals surface area contributed by atoms with Gasteiger partial charge in [-0.15, -0.1) is 0 Å². The van der Waals surface area contributed by atoms with Crippen LogP contribution in [0.4, 0.5) is 0 Å². The molecule has 0 aliphatic rings. The fraction of sp³-hybridized carbons (Fsp3) is 0.600. The molecule has 51 valence electrons. The standard InChI is InChI=1S/C5H8NO3/c1-9-4-5(8)6-2-3-7/h2,4H2,1H3,(H,6,8). The van der Waals surface area contributed by atoms with E-state index in [0.29, 0.717) is 0 Å². The molecule has 0 rings (SSSR count). The van der Waals surface area contributed by atoms with Crippen LogP contribution in [-0.4, -0.2) is 32.5 Å². The van der Waals surface area contributed by atoms with E-state index in [1.807, 2.05) is 0 Å². The Morgan fingerprint density at radius 1 is 1.78 bits per heavy atom. The summed E-state index contributed by atoms with van der Waals surface area (Å²) in [5.41, 5.74) is 0. The smallest absolute Gasteiger partial charge is 0.246 e. The molecule has 0 aliphatic carbocycles. The lowest BCUT2D eigenvalue weighted by atomic mass is 10.6. The molecule has 1 radical (unpaired) electrons. The van der Waals surface area contributed by atoms with Crippen LogP contribution in [0.3, 0.4) is 0 Å². The predicted octanol–water partition coefficient (Wildman–Crippen LogP) is -1.14. The number of amides is 1. The second-order valence-corrected chi connectivity index (χ2v) is 1.35. The van der Waals surface area contributed by atoms with Gasteiger partial charge in [0.15, 0.2) is 0 Å². The third kappa shape index (κ3) is 4.96. The van der Waals surface area contributed by atoms with Gasteiger partial charge in [-0.2, -0.15) is 0 Å². The molecule has 0 heterocycles. The minimum absolute atomic E-state index is 0.0122. The van der Waals surface area contributed by atoms with Crippen LogP contribution in [0.2, 0.25) is 0 Å². The van der Waals surface area contributed by atoms with Gasteiger partial charge in [0.05, 0.1) is 6.54 Å². The monoisotopic (exact) mass is 130 g/mol. The van der Waals surface area contributed by atoms with Gasteiger partial charge in [-0.3, -0.25) is 9.59 Å². The quantitative estimate of drug-likeness (QED) is 0.523. The Labute approximate surface area is 53.2 Å². The Hall–Kier alpha value is -0.900. The van der Waals surface area contributed by atoms with Crippen molar-refractivity contribution >= 4 is 12.2 Å². The Morgan fingerprint density at radius 3 is 2.89 bits per heavy atom. The Morgan fingerprint density at radius 2 is 2.44 bits per heavy atom. The van der Waals surface area contributed by atoms with Gasteiger partial charge in [0.25, 0.3) is 0 Å². The lowest BCUT2D eigenvalue weighted by Gasteiger charge is -1.96. The molecule has 0 atom stereocenters. The zero-order valence-corrected chi connectivity index (χ0v) is 5.14. The molecule has 0 unspecified atom stereocenters. The van der Waals surface area contributed by atoms with Crippen molar-refractivity contribution < 1.29 is 14.3 Å². The van der Waals surface area contributed by atoms with E-state index in [0.717, 1.165) is 0 Å². The summed E-state index contributed by atoms with van der Waals surface area (Å²) in [4.78, 5) is 19.9. The maximum Gasteiger partial charge on any atom is 0.246 e. The highest BCUT2D eigenvalue weighted by Crippen LogP contribution is 1.65. The highest BCUT2D eigenvalue weighted by atomic mass is 16.5. The summed E-state index contributed by atoms with van der Waals surface area (Å²) in [7, 11) is 1.41.